The molecule has 0 saturated carbocycles. The second-order valence-electron chi connectivity index (χ2n) is 7.83. The van der Waals surface area contributed by atoms with Gasteiger partial charge in [0, 0.05) is 36.4 Å². The van der Waals surface area contributed by atoms with E-state index in [1.807, 2.05) is 67.1 Å². The molecule has 0 bridgehead atoms. The van der Waals surface area contributed by atoms with Crippen molar-refractivity contribution in [2.24, 2.45) is 12.1 Å². The van der Waals surface area contributed by atoms with Crippen LogP contribution in [0.4, 0.5) is 0 Å². The number of hydrazone groups is 1. The highest BCUT2D eigenvalue weighted by Crippen LogP contribution is 2.36. The maximum absolute atomic E-state index is 13.5. The summed E-state index contributed by atoms with van der Waals surface area (Å²) in [5, 5.41) is 15.7. The Kier molecular flexibility index (Phi) is 6.21. The van der Waals surface area contributed by atoms with Crippen molar-refractivity contribution in [3.63, 3.8) is 0 Å². The van der Waals surface area contributed by atoms with Crippen LogP contribution < -0.4 is 0 Å². The van der Waals surface area contributed by atoms with Gasteiger partial charge in [0.05, 0.1) is 17.2 Å². The molecular formula is C24H21ClN6O2S. The topological polar surface area (TPSA) is 89.4 Å². The molecule has 34 heavy (non-hydrogen) atoms. The number of nitrogens with zero attached hydrogens (tertiary/aromatic N) is 6. The predicted octanol–water partition coefficient (Wildman–Crippen LogP) is 4.98. The summed E-state index contributed by atoms with van der Waals surface area (Å²) in [5.74, 6) is 1.27. The fourth-order valence-electron chi connectivity index (χ4n) is 3.80. The van der Waals surface area contributed by atoms with Gasteiger partial charge < -0.3 is 8.98 Å². The number of furan rings is 1. The third-order valence-electron chi connectivity index (χ3n) is 5.59. The number of pyridine rings is 1. The molecule has 4 aromatic rings. The van der Waals surface area contributed by atoms with Crippen LogP contribution in [-0.4, -0.2) is 41.6 Å². The maximum Gasteiger partial charge on any atom is 0.256 e. The van der Waals surface area contributed by atoms with Crippen LogP contribution in [0.25, 0.3) is 11.4 Å². The van der Waals surface area contributed by atoms with Gasteiger partial charge in [-0.15, -0.1) is 10.2 Å². The molecule has 10 heteroatoms. The summed E-state index contributed by atoms with van der Waals surface area (Å²) in [5.41, 5.74) is 2.64. The van der Waals surface area contributed by atoms with Crippen molar-refractivity contribution in [3.05, 3.63) is 83.5 Å². The fourth-order valence-corrected chi connectivity index (χ4v) is 4.78. The van der Waals surface area contributed by atoms with Crippen molar-refractivity contribution in [1.29, 1.82) is 0 Å². The number of carbonyl (C=O) groups is 1. The van der Waals surface area contributed by atoms with Crippen LogP contribution in [0.2, 0.25) is 5.02 Å². The smallest absolute Gasteiger partial charge is 0.256 e. The average molecular weight is 493 g/mol. The minimum atomic E-state index is -0.445. The monoisotopic (exact) mass is 492 g/mol. The largest absolute Gasteiger partial charge is 0.467 e. The molecule has 2 atom stereocenters. The highest BCUT2D eigenvalue weighted by atomic mass is 35.5. The number of benzene rings is 1. The van der Waals surface area contributed by atoms with Gasteiger partial charge in [0.1, 0.15) is 11.8 Å². The van der Waals surface area contributed by atoms with E-state index in [-0.39, 0.29) is 11.9 Å². The molecule has 0 saturated heterocycles. The molecule has 0 radical (unpaired) electrons. The zero-order valence-electron chi connectivity index (χ0n) is 18.5. The normalized spacial score (nSPS) is 16.5. The zero-order valence-corrected chi connectivity index (χ0v) is 20.1. The van der Waals surface area contributed by atoms with Crippen LogP contribution in [0.1, 0.15) is 30.7 Å². The lowest BCUT2D eigenvalue weighted by Crippen LogP contribution is -2.33. The third-order valence-corrected chi connectivity index (χ3v) is 6.96. The molecular weight excluding hydrogens is 472 g/mol. The van der Waals surface area contributed by atoms with E-state index in [1.54, 1.807) is 18.7 Å². The van der Waals surface area contributed by atoms with Gasteiger partial charge in [0.25, 0.3) is 5.91 Å². The molecule has 0 aliphatic carbocycles. The number of halogens is 1. The summed E-state index contributed by atoms with van der Waals surface area (Å²) < 4.78 is 7.52. The van der Waals surface area contributed by atoms with Gasteiger partial charge in [0.15, 0.2) is 11.0 Å². The molecule has 1 aromatic carbocycles. The lowest BCUT2D eigenvalue weighted by Gasteiger charge is -2.22. The van der Waals surface area contributed by atoms with E-state index in [2.05, 4.69) is 15.2 Å². The van der Waals surface area contributed by atoms with Gasteiger partial charge in [-0.3, -0.25) is 9.78 Å². The summed E-state index contributed by atoms with van der Waals surface area (Å²) in [4.78, 5) is 17.6. The van der Waals surface area contributed by atoms with Crippen molar-refractivity contribution in [2.45, 2.75) is 29.8 Å². The van der Waals surface area contributed by atoms with E-state index in [9.17, 15) is 4.79 Å². The van der Waals surface area contributed by atoms with Crippen molar-refractivity contribution in [2.75, 3.05) is 0 Å². The summed E-state index contributed by atoms with van der Waals surface area (Å²) in [6, 6.07) is 14.6. The minimum absolute atomic E-state index is 0.135. The van der Waals surface area contributed by atoms with E-state index in [1.165, 1.54) is 16.8 Å². The second-order valence-corrected chi connectivity index (χ2v) is 9.58. The van der Waals surface area contributed by atoms with E-state index in [0.29, 0.717) is 28.2 Å². The first-order chi connectivity index (χ1) is 16.5. The molecule has 4 heterocycles. The number of carbonyl (C=O) groups excluding carboxylic acids is 1. The predicted molar refractivity (Wildman–Crippen MR) is 130 cm³/mol. The van der Waals surface area contributed by atoms with Gasteiger partial charge >= 0.3 is 0 Å². The highest BCUT2D eigenvalue weighted by Gasteiger charge is 2.37. The van der Waals surface area contributed by atoms with E-state index in [0.717, 1.165) is 16.8 Å². The van der Waals surface area contributed by atoms with E-state index < -0.39 is 5.25 Å². The zero-order chi connectivity index (χ0) is 23.7. The molecule has 0 N–H and O–H groups in total. The van der Waals surface area contributed by atoms with Gasteiger partial charge in [-0.25, -0.2) is 5.01 Å². The summed E-state index contributed by atoms with van der Waals surface area (Å²) in [6.45, 7) is 1.85. The SMILES string of the molecule is C[C@H](Sc1nnc(-c2ccncc2)n1C)C(=O)N1N=C(c2ccc(Cl)cc2)C[C@H]1c1ccco1. The van der Waals surface area contributed by atoms with E-state index in [4.69, 9.17) is 21.1 Å². The number of hydrogen-bond donors (Lipinski definition) is 0. The van der Waals surface area contributed by atoms with Crippen LogP contribution in [0.3, 0.4) is 0 Å². The first kappa shape index (κ1) is 22.4. The van der Waals surface area contributed by atoms with Crippen molar-refractivity contribution < 1.29 is 9.21 Å². The van der Waals surface area contributed by atoms with Crippen LogP contribution in [0.15, 0.2) is 81.9 Å². The molecule has 8 nitrogen and oxygen atoms in total. The van der Waals surface area contributed by atoms with Gasteiger partial charge in [0.2, 0.25) is 0 Å². The quantitative estimate of drug-likeness (QED) is 0.352. The van der Waals surface area contributed by atoms with Crippen LogP contribution in [0.5, 0.6) is 0 Å². The highest BCUT2D eigenvalue weighted by molar-refractivity contribution is 8.00. The number of hydrogen-bond acceptors (Lipinski definition) is 7. The first-order valence-corrected chi connectivity index (χ1v) is 11.9. The Hall–Kier alpha value is -3.43. The van der Waals surface area contributed by atoms with Gasteiger partial charge in [-0.05, 0) is 48.9 Å². The Morgan fingerprint density at radius 3 is 2.59 bits per heavy atom. The minimum Gasteiger partial charge on any atom is -0.467 e. The third kappa shape index (κ3) is 4.36. The number of rotatable bonds is 6. The molecule has 1 aliphatic rings. The number of thioether (sulfide) groups is 1. The molecule has 0 unspecified atom stereocenters. The summed E-state index contributed by atoms with van der Waals surface area (Å²) >= 11 is 7.39. The summed E-state index contributed by atoms with van der Waals surface area (Å²) in [7, 11) is 1.88. The van der Waals surface area contributed by atoms with Crippen molar-refractivity contribution >= 4 is 35.0 Å². The van der Waals surface area contributed by atoms with Crippen LogP contribution in [-0.2, 0) is 11.8 Å². The Morgan fingerprint density at radius 1 is 1.12 bits per heavy atom. The standard InChI is InChI=1S/C24H21ClN6O2S/c1-15(34-24-28-27-22(30(24)2)17-9-11-26-12-10-17)23(32)31-20(21-4-3-13-33-21)14-19(29-31)16-5-7-18(25)8-6-16/h3-13,15,20H,14H2,1-2H3/t15-,20-/m0/s1. The molecule has 1 amide bonds. The molecule has 0 spiro atoms. The lowest BCUT2D eigenvalue weighted by atomic mass is 10.0. The molecule has 5 rings (SSSR count). The van der Waals surface area contributed by atoms with Crippen molar-refractivity contribution in [1.82, 2.24) is 24.8 Å². The van der Waals surface area contributed by atoms with Crippen LogP contribution in [0, 0.1) is 0 Å². The number of aromatic nitrogens is 4. The van der Waals surface area contributed by atoms with Crippen molar-refractivity contribution in [3.8, 4) is 11.4 Å². The molecule has 3 aromatic heterocycles. The Labute approximate surface area is 205 Å². The Bertz CT molecular complexity index is 1320. The maximum atomic E-state index is 13.5. The lowest BCUT2D eigenvalue weighted by molar-refractivity contribution is -0.132. The second kappa shape index (κ2) is 9.44. The summed E-state index contributed by atoms with van der Waals surface area (Å²) in [6.07, 6.45) is 5.58. The fraction of sp³-hybridized carbons (Fsp3) is 0.208. The van der Waals surface area contributed by atoms with Gasteiger partial charge in [-0.1, -0.05) is 35.5 Å². The first-order valence-electron chi connectivity index (χ1n) is 10.7. The average Bonchev–Trinajstić information content (AvgIpc) is 3.60. The van der Waals surface area contributed by atoms with E-state index >= 15 is 0 Å². The molecule has 172 valence electrons. The molecule has 0 fully saturated rings. The van der Waals surface area contributed by atoms with Gasteiger partial charge in [-0.2, -0.15) is 5.10 Å². The van der Waals surface area contributed by atoms with Crippen LogP contribution >= 0.6 is 23.4 Å². The Morgan fingerprint density at radius 2 is 1.88 bits per heavy atom. The molecule has 1 aliphatic heterocycles. The Balaban J connectivity index is 1.39. The number of amides is 1.